The monoisotopic (exact) mass is 622 g/mol. The van der Waals surface area contributed by atoms with Crippen LogP contribution in [0.1, 0.15) is 57.7 Å². The molecule has 0 spiro atoms. The van der Waals surface area contributed by atoms with Crippen LogP contribution < -0.4 is 10.2 Å². The van der Waals surface area contributed by atoms with E-state index in [0.717, 1.165) is 97.0 Å². The fourth-order valence-electron chi connectivity index (χ4n) is 5.71. The Hall–Kier alpha value is -4.39. The van der Waals surface area contributed by atoms with Crippen LogP contribution in [0.25, 0.3) is 28.0 Å². The molecular formula is C37H46N6O3. The van der Waals surface area contributed by atoms with Gasteiger partial charge < -0.3 is 20.1 Å². The van der Waals surface area contributed by atoms with E-state index in [1.807, 2.05) is 62.5 Å². The van der Waals surface area contributed by atoms with Gasteiger partial charge in [0.25, 0.3) is 0 Å². The Morgan fingerprint density at radius 3 is 2.48 bits per heavy atom. The molecule has 0 atom stereocenters. The first-order valence-electron chi connectivity index (χ1n) is 16.3. The van der Waals surface area contributed by atoms with Crippen molar-refractivity contribution in [2.24, 2.45) is 0 Å². The maximum absolute atomic E-state index is 11.8. The minimum absolute atomic E-state index is 0.178. The number of benzene rings is 2. The Bertz CT molecular complexity index is 1670. The second kappa shape index (κ2) is 15.3. The predicted octanol–water partition coefficient (Wildman–Crippen LogP) is 5.92. The maximum atomic E-state index is 11.8. The summed E-state index contributed by atoms with van der Waals surface area (Å²) in [6.07, 6.45) is 3.28. The molecule has 2 aromatic heterocycles. The summed E-state index contributed by atoms with van der Waals surface area (Å²) in [7, 11) is 0. The third-order valence-electron chi connectivity index (χ3n) is 7.96. The van der Waals surface area contributed by atoms with Crippen molar-refractivity contribution < 1.29 is 14.6 Å². The molecule has 0 radical (unpaired) electrons. The standard InChI is InChI=1S/C37H46N6O3/c1-28-34(31-18-13-15-29(26-31)14-9-6-5-7-12-19-38-36(45)46-37(2,3)4)35-39-32(30-16-10-8-11-17-30)27-33(43(35)40-28)42-22-20-41(21-23-42)24-25-44/h8,10-11,13,15-18,26-27,44H,5-7,12,19-25H2,1-4H3,(H,38,45). The number of fused-ring (bicyclic) bond motifs is 1. The van der Waals surface area contributed by atoms with Crippen LogP contribution in [0, 0.1) is 18.8 Å². The third-order valence-corrected chi connectivity index (χ3v) is 7.96. The predicted molar refractivity (Wildman–Crippen MR) is 184 cm³/mol. The summed E-state index contributed by atoms with van der Waals surface area (Å²) in [5, 5.41) is 17.2. The topological polar surface area (TPSA) is 95.2 Å². The molecule has 0 bridgehead atoms. The number of carbonyl (C=O) groups excluding carboxylic acids is 1. The SMILES string of the molecule is Cc1nn2c(N3CCN(CCO)CC3)cc(-c3ccccc3)nc2c1-c1cccc(C#CCCCCCNC(=O)OC(C)(C)C)c1. The number of piperazine rings is 1. The second-order valence-corrected chi connectivity index (χ2v) is 12.7. The first kappa shape index (κ1) is 33.0. The number of hydrogen-bond donors (Lipinski definition) is 2. The number of rotatable bonds is 10. The Balaban J connectivity index is 1.32. The summed E-state index contributed by atoms with van der Waals surface area (Å²) in [6.45, 7) is 12.6. The fraction of sp³-hybridized carbons (Fsp3) is 0.432. The number of unbranched alkanes of at least 4 members (excludes halogenated alkanes) is 3. The molecule has 5 rings (SSSR count). The van der Waals surface area contributed by atoms with Crippen molar-refractivity contribution >= 4 is 17.6 Å². The molecule has 1 fully saturated rings. The zero-order valence-electron chi connectivity index (χ0n) is 27.6. The lowest BCUT2D eigenvalue weighted by molar-refractivity contribution is 0.0527. The van der Waals surface area contributed by atoms with Gasteiger partial charge in [0.15, 0.2) is 5.65 Å². The highest BCUT2D eigenvalue weighted by molar-refractivity contribution is 5.83. The average Bonchev–Trinajstić information content (AvgIpc) is 3.37. The van der Waals surface area contributed by atoms with Gasteiger partial charge >= 0.3 is 6.09 Å². The number of aromatic nitrogens is 3. The van der Waals surface area contributed by atoms with Crippen molar-refractivity contribution in [3.05, 3.63) is 71.9 Å². The number of ether oxygens (including phenoxy) is 1. The summed E-state index contributed by atoms with van der Waals surface area (Å²) in [5.74, 6) is 7.70. The van der Waals surface area contributed by atoms with Crippen LogP contribution in [0.3, 0.4) is 0 Å². The highest BCUT2D eigenvalue weighted by Crippen LogP contribution is 2.33. The molecule has 1 amide bonds. The molecule has 2 aromatic carbocycles. The summed E-state index contributed by atoms with van der Waals surface area (Å²) >= 11 is 0. The van der Waals surface area contributed by atoms with Gasteiger partial charge in [-0.3, -0.25) is 4.90 Å². The van der Waals surface area contributed by atoms with Gasteiger partial charge in [0.2, 0.25) is 0 Å². The molecule has 1 aliphatic heterocycles. The number of alkyl carbamates (subject to hydrolysis) is 1. The van der Waals surface area contributed by atoms with Crippen LogP contribution in [-0.4, -0.2) is 82.2 Å². The Morgan fingerprint density at radius 1 is 0.978 bits per heavy atom. The van der Waals surface area contributed by atoms with Crippen molar-refractivity contribution in [1.82, 2.24) is 24.8 Å². The van der Waals surface area contributed by atoms with E-state index < -0.39 is 5.60 Å². The number of aliphatic hydroxyl groups excluding tert-OH is 1. The number of nitrogens with one attached hydrogen (secondary N) is 1. The van der Waals surface area contributed by atoms with Crippen LogP contribution >= 0.6 is 0 Å². The van der Waals surface area contributed by atoms with Crippen LogP contribution in [-0.2, 0) is 4.74 Å². The zero-order chi connectivity index (χ0) is 32.5. The number of carbonyl (C=O) groups is 1. The summed E-state index contributed by atoms with van der Waals surface area (Å²) in [6, 6.07) is 20.8. The lowest BCUT2D eigenvalue weighted by Crippen LogP contribution is -2.47. The largest absolute Gasteiger partial charge is 0.444 e. The number of anilines is 1. The number of aliphatic hydroxyl groups is 1. The molecule has 0 unspecified atom stereocenters. The molecular weight excluding hydrogens is 576 g/mol. The summed E-state index contributed by atoms with van der Waals surface area (Å²) in [5.41, 5.74) is 6.27. The Kier molecular flexibility index (Phi) is 10.9. The number of aryl methyl sites for hydroxylation is 1. The van der Waals surface area contributed by atoms with Crippen LogP contribution in [0.15, 0.2) is 60.7 Å². The van der Waals surface area contributed by atoms with Gasteiger partial charge in [0.1, 0.15) is 11.4 Å². The summed E-state index contributed by atoms with van der Waals surface area (Å²) < 4.78 is 7.27. The maximum Gasteiger partial charge on any atom is 0.407 e. The number of amides is 1. The molecule has 0 aliphatic carbocycles. The van der Waals surface area contributed by atoms with Gasteiger partial charge in [-0.15, -0.1) is 0 Å². The molecule has 9 nitrogen and oxygen atoms in total. The van der Waals surface area contributed by atoms with Crippen molar-refractivity contribution in [3.63, 3.8) is 0 Å². The zero-order valence-corrected chi connectivity index (χ0v) is 27.6. The number of nitrogens with zero attached hydrogens (tertiary/aromatic N) is 5. The number of hydrogen-bond acceptors (Lipinski definition) is 7. The van der Waals surface area contributed by atoms with E-state index in [9.17, 15) is 9.90 Å². The molecule has 242 valence electrons. The molecule has 4 aromatic rings. The van der Waals surface area contributed by atoms with Crippen molar-refractivity contribution in [2.75, 3.05) is 50.8 Å². The molecule has 3 heterocycles. The van der Waals surface area contributed by atoms with Crippen molar-refractivity contribution in [1.29, 1.82) is 0 Å². The molecule has 0 saturated carbocycles. The first-order valence-corrected chi connectivity index (χ1v) is 16.3. The van der Waals surface area contributed by atoms with E-state index in [1.54, 1.807) is 0 Å². The van der Waals surface area contributed by atoms with E-state index in [0.29, 0.717) is 13.1 Å². The van der Waals surface area contributed by atoms with E-state index in [2.05, 4.69) is 57.3 Å². The Labute approximate surface area is 272 Å². The van der Waals surface area contributed by atoms with Crippen LogP contribution in [0.5, 0.6) is 0 Å². The fourth-order valence-corrected chi connectivity index (χ4v) is 5.71. The van der Waals surface area contributed by atoms with Crippen LogP contribution in [0.4, 0.5) is 10.6 Å². The minimum Gasteiger partial charge on any atom is -0.444 e. The lowest BCUT2D eigenvalue weighted by atomic mass is 10.0. The van der Waals surface area contributed by atoms with E-state index in [1.165, 1.54) is 0 Å². The Morgan fingerprint density at radius 2 is 1.74 bits per heavy atom. The number of β-amino-alcohol motifs (C(OH)–C–C–N with tert-alkyl or cyclic N) is 1. The van der Waals surface area contributed by atoms with Crippen molar-refractivity contribution in [2.45, 2.75) is 59.0 Å². The molecule has 2 N–H and O–H groups in total. The smallest absolute Gasteiger partial charge is 0.407 e. The molecule has 46 heavy (non-hydrogen) atoms. The highest BCUT2D eigenvalue weighted by atomic mass is 16.6. The van der Waals surface area contributed by atoms with Gasteiger partial charge in [-0.25, -0.2) is 9.78 Å². The van der Waals surface area contributed by atoms with E-state index in [4.69, 9.17) is 14.8 Å². The van der Waals surface area contributed by atoms with Crippen molar-refractivity contribution in [3.8, 4) is 34.2 Å². The second-order valence-electron chi connectivity index (χ2n) is 12.7. The van der Waals surface area contributed by atoms with Gasteiger partial charge in [-0.1, -0.05) is 60.7 Å². The third kappa shape index (κ3) is 8.65. The normalized spacial score (nSPS) is 13.8. The van der Waals surface area contributed by atoms with E-state index in [-0.39, 0.29) is 12.7 Å². The van der Waals surface area contributed by atoms with Gasteiger partial charge in [0.05, 0.1) is 18.0 Å². The van der Waals surface area contributed by atoms with Gasteiger partial charge in [-0.05, 0) is 58.2 Å². The van der Waals surface area contributed by atoms with E-state index >= 15 is 0 Å². The molecule has 9 heteroatoms. The van der Waals surface area contributed by atoms with Gasteiger partial charge in [0, 0.05) is 68.4 Å². The van der Waals surface area contributed by atoms with Gasteiger partial charge in [-0.2, -0.15) is 9.61 Å². The average molecular weight is 623 g/mol. The lowest BCUT2D eigenvalue weighted by Gasteiger charge is -2.35. The minimum atomic E-state index is -0.483. The molecule has 1 saturated heterocycles. The highest BCUT2D eigenvalue weighted by Gasteiger charge is 2.23. The quantitative estimate of drug-likeness (QED) is 0.167. The summed E-state index contributed by atoms with van der Waals surface area (Å²) in [4.78, 5) is 21.6. The molecule has 1 aliphatic rings. The first-order chi connectivity index (χ1) is 22.2. The van der Waals surface area contributed by atoms with Crippen LogP contribution in [0.2, 0.25) is 0 Å².